The number of hydrogen-bond donors (Lipinski definition) is 2. The van der Waals surface area contributed by atoms with Gasteiger partial charge >= 0.3 is 0 Å². The van der Waals surface area contributed by atoms with Gasteiger partial charge in [-0.3, -0.25) is 0 Å². The van der Waals surface area contributed by atoms with Crippen molar-refractivity contribution < 1.29 is 9.94 Å². The van der Waals surface area contributed by atoms with Crippen molar-refractivity contribution in [1.82, 2.24) is 0 Å². The number of oxime groups is 1. The maximum absolute atomic E-state index is 8.73. The fourth-order valence-electron chi connectivity index (χ4n) is 2.63. The lowest BCUT2D eigenvalue weighted by Crippen LogP contribution is -2.36. The molecule has 5 heteroatoms. The smallest absolute Gasteiger partial charge is 0.170 e. The lowest BCUT2D eigenvalue weighted by atomic mass is 10.0. The van der Waals surface area contributed by atoms with Crippen LogP contribution < -0.4 is 10.6 Å². The number of ether oxygens (including phenoxy) is 1. The highest BCUT2D eigenvalue weighted by Crippen LogP contribution is 2.25. The van der Waals surface area contributed by atoms with Gasteiger partial charge in [0.25, 0.3) is 0 Å². The molecule has 1 aromatic rings. The minimum atomic E-state index is 0.143. The molecule has 0 aliphatic carbocycles. The van der Waals surface area contributed by atoms with Crippen molar-refractivity contribution in [3.8, 4) is 0 Å². The number of hydrogen-bond acceptors (Lipinski definition) is 4. The SMILES string of the molecule is Cc1cc(N(C)C2CCOC2C)ccc1/C(N)=N/O. The summed E-state index contributed by atoms with van der Waals surface area (Å²) in [6.07, 6.45) is 1.28. The molecule has 0 amide bonds. The van der Waals surface area contributed by atoms with Crippen LogP contribution in [0.15, 0.2) is 23.4 Å². The number of amidine groups is 1. The van der Waals surface area contributed by atoms with Gasteiger partial charge in [0, 0.05) is 24.9 Å². The third kappa shape index (κ3) is 2.66. The summed E-state index contributed by atoms with van der Waals surface area (Å²) >= 11 is 0. The number of likely N-dealkylation sites (N-methyl/N-ethyl adjacent to an activating group) is 1. The molecule has 0 radical (unpaired) electrons. The summed E-state index contributed by atoms with van der Waals surface area (Å²) in [7, 11) is 2.08. The van der Waals surface area contributed by atoms with Gasteiger partial charge in [0.2, 0.25) is 0 Å². The highest BCUT2D eigenvalue weighted by molar-refractivity contribution is 5.98. The molecule has 0 spiro atoms. The number of aryl methyl sites for hydroxylation is 1. The summed E-state index contributed by atoms with van der Waals surface area (Å²) in [6, 6.07) is 6.33. The number of rotatable bonds is 3. The molecule has 1 fully saturated rings. The maximum Gasteiger partial charge on any atom is 0.170 e. The van der Waals surface area contributed by atoms with Crippen molar-refractivity contribution in [2.75, 3.05) is 18.6 Å². The van der Waals surface area contributed by atoms with Crippen molar-refractivity contribution in [2.24, 2.45) is 10.9 Å². The molecular weight excluding hydrogens is 242 g/mol. The first-order valence-corrected chi connectivity index (χ1v) is 6.47. The van der Waals surface area contributed by atoms with Gasteiger partial charge in [-0.05, 0) is 44.0 Å². The number of nitrogens with zero attached hydrogens (tertiary/aromatic N) is 2. The Bertz CT molecular complexity index is 488. The third-order valence-corrected chi connectivity index (χ3v) is 3.83. The first-order valence-electron chi connectivity index (χ1n) is 6.47. The molecule has 1 aliphatic heterocycles. The molecule has 19 heavy (non-hydrogen) atoms. The monoisotopic (exact) mass is 263 g/mol. The van der Waals surface area contributed by atoms with Crippen molar-refractivity contribution >= 4 is 11.5 Å². The Morgan fingerprint density at radius 2 is 2.26 bits per heavy atom. The fourth-order valence-corrected chi connectivity index (χ4v) is 2.63. The van der Waals surface area contributed by atoms with Crippen molar-refractivity contribution in [2.45, 2.75) is 32.4 Å². The van der Waals surface area contributed by atoms with E-state index in [1.165, 1.54) is 0 Å². The molecule has 1 aliphatic rings. The molecule has 1 saturated heterocycles. The Hall–Kier alpha value is -1.75. The van der Waals surface area contributed by atoms with Crippen LogP contribution in [-0.2, 0) is 4.74 Å². The summed E-state index contributed by atoms with van der Waals surface area (Å²) in [5.74, 6) is 0.143. The summed E-state index contributed by atoms with van der Waals surface area (Å²) in [5, 5.41) is 11.8. The Labute approximate surface area is 113 Å². The van der Waals surface area contributed by atoms with E-state index < -0.39 is 0 Å². The van der Waals surface area contributed by atoms with Gasteiger partial charge in [-0.1, -0.05) is 5.16 Å². The van der Waals surface area contributed by atoms with E-state index in [0.717, 1.165) is 29.8 Å². The van der Waals surface area contributed by atoms with E-state index in [1.54, 1.807) is 0 Å². The second-order valence-corrected chi connectivity index (χ2v) is 5.03. The Morgan fingerprint density at radius 3 is 2.79 bits per heavy atom. The second kappa shape index (κ2) is 5.48. The predicted octanol–water partition coefficient (Wildman–Crippen LogP) is 1.70. The van der Waals surface area contributed by atoms with Gasteiger partial charge in [0.15, 0.2) is 5.84 Å². The molecule has 104 valence electrons. The van der Waals surface area contributed by atoms with E-state index in [2.05, 4.69) is 30.1 Å². The molecule has 0 bridgehead atoms. The van der Waals surface area contributed by atoms with E-state index in [9.17, 15) is 0 Å². The van der Waals surface area contributed by atoms with Gasteiger partial charge in [-0.25, -0.2) is 0 Å². The first kappa shape index (κ1) is 13.7. The van der Waals surface area contributed by atoms with Crippen molar-refractivity contribution in [3.63, 3.8) is 0 Å². The fraction of sp³-hybridized carbons (Fsp3) is 0.500. The molecule has 1 heterocycles. The molecule has 2 atom stereocenters. The highest BCUT2D eigenvalue weighted by atomic mass is 16.5. The molecular formula is C14H21N3O2. The van der Waals surface area contributed by atoms with E-state index in [-0.39, 0.29) is 11.9 Å². The molecule has 5 nitrogen and oxygen atoms in total. The Balaban J connectivity index is 2.24. The Kier molecular flexibility index (Phi) is 3.95. The summed E-state index contributed by atoms with van der Waals surface area (Å²) < 4.78 is 5.60. The predicted molar refractivity (Wildman–Crippen MR) is 75.9 cm³/mol. The Morgan fingerprint density at radius 1 is 1.53 bits per heavy atom. The topological polar surface area (TPSA) is 71.1 Å². The highest BCUT2D eigenvalue weighted by Gasteiger charge is 2.28. The summed E-state index contributed by atoms with van der Waals surface area (Å²) in [4.78, 5) is 2.24. The van der Waals surface area contributed by atoms with Crippen LogP contribution in [0.2, 0.25) is 0 Å². The van der Waals surface area contributed by atoms with Crippen molar-refractivity contribution in [3.05, 3.63) is 29.3 Å². The van der Waals surface area contributed by atoms with Gasteiger partial charge in [0.05, 0.1) is 12.1 Å². The van der Waals surface area contributed by atoms with Gasteiger partial charge in [0.1, 0.15) is 0 Å². The molecule has 3 N–H and O–H groups in total. The maximum atomic E-state index is 8.73. The van der Waals surface area contributed by atoms with Crippen LogP contribution in [0.1, 0.15) is 24.5 Å². The molecule has 0 aromatic heterocycles. The van der Waals surface area contributed by atoms with Crippen LogP contribution in [0.4, 0.5) is 5.69 Å². The standard InChI is InChI=1S/C14H21N3O2/c1-9-8-11(4-5-12(9)14(15)16-18)17(3)13-6-7-19-10(13)2/h4-5,8,10,13,18H,6-7H2,1-3H3,(H2,15,16). The average Bonchev–Trinajstić information content (AvgIpc) is 2.83. The van der Waals surface area contributed by atoms with Crippen LogP contribution in [0, 0.1) is 6.92 Å². The van der Waals surface area contributed by atoms with E-state index >= 15 is 0 Å². The number of nitrogens with two attached hydrogens (primary N) is 1. The normalized spacial score (nSPS) is 23.6. The summed E-state index contributed by atoms with van der Waals surface area (Å²) in [5.41, 5.74) is 8.50. The second-order valence-electron chi connectivity index (χ2n) is 5.03. The molecule has 0 saturated carbocycles. The van der Waals surface area contributed by atoms with Crippen LogP contribution >= 0.6 is 0 Å². The molecule has 2 unspecified atom stereocenters. The van der Waals surface area contributed by atoms with E-state index in [1.807, 2.05) is 19.1 Å². The quantitative estimate of drug-likeness (QED) is 0.377. The van der Waals surface area contributed by atoms with Crippen LogP contribution in [0.5, 0.6) is 0 Å². The first-order chi connectivity index (χ1) is 9.04. The van der Waals surface area contributed by atoms with Crippen LogP contribution in [0.25, 0.3) is 0 Å². The minimum Gasteiger partial charge on any atom is -0.409 e. The minimum absolute atomic E-state index is 0.143. The van der Waals surface area contributed by atoms with Gasteiger partial charge in [-0.2, -0.15) is 0 Å². The molecule has 1 aromatic carbocycles. The average molecular weight is 263 g/mol. The van der Waals surface area contributed by atoms with Gasteiger partial charge in [-0.15, -0.1) is 0 Å². The van der Waals surface area contributed by atoms with Crippen LogP contribution in [0.3, 0.4) is 0 Å². The lowest BCUT2D eigenvalue weighted by Gasteiger charge is -2.29. The zero-order valence-corrected chi connectivity index (χ0v) is 11.6. The zero-order valence-electron chi connectivity index (χ0n) is 11.6. The van der Waals surface area contributed by atoms with Crippen LogP contribution in [-0.4, -0.2) is 36.8 Å². The van der Waals surface area contributed by atoms with Gasteiger partial charge < -0.3 is 20.6 Å². The number of benzene rings is 1. The van der Waals surface area contributed by atoms with E-state index in [4.69, 9.17) is 15.7 Å². The lowest BCUT2D eigenvalue weighted by molar-refractivity contribution is 0.118. The summed E-state index contributed by atoms with van der Waals surface area (Å²) in [6.45, 7) is 4.88. The number of anilines is 1. The van der Waals surface area contributed by atoms with E-state index in [0.29, 0.717) is 6.04 Å². The van der Waals surface area contributed by atoms with Crippen molar-refractivity contribution in [1.29, 1.82) is 0 Å². The zero-order chi connectivity index (χ0) is 14.0. The third-order valence-electron chi connectivity index (χ3n) is 3.83. The molecule has 2 rings (SSSR count). The largest absolute Gasteiger partial charge is 0.409 e.